The fourth-order valence-electron chi connectivity index (χ4n) is 2.83. The second-order valence-electron chi connectivity index (χ2n) is 6.68. The molecule has 1 N–H and O–H groups in total. The van der Waals surface area contributed by atoms with Crippen LogP contribution >= 0.6 is 23.5 Å². The van der Waals surface area contributed by atoms with Gasteiger partial charge in [-0.25, -0.2) is 9.97 Å². The first-order chi connectivity index (χ1) is 15.2. The Morgan fingerprint density at radius 2 is 1.87 bits per heavy atom. The molecular formula is C23H20N4O2S2. The number of amides is 1. The van der Waals surface area contributed by atoms with Crippen molar-refractivity contribution in [2.45, 2.75) is 28.5 Å². The number of hydrogen-bond acceptors (Lipinski definition) is 7. The van der Waals surface area contributed by atoms with E-state index in [9.17, 15) is 4.79 Å². The fourth-order valence-corrected chi connectivity index (χ4v) is 4.51. The number of hydrogen-bond donors (Lipinski definition) is 1. The Bertz CT molecular complexity index is 1160. The molecule has 0 saturated carbocycles. The molecule has 0 aliphatic heterocycles. The van der Waals surface area contributed by atoms with Crippen LogP contribution in [0.25, 0.3) is 0 Å². The molecule has 0 radical (unpaired) electrons. The van der Waals surface area contributed by atoms with E-state index < -0.39 is 0 Å². The van der Waals surface area contributed by atoms with Crippen molar-refractivity contribution in [3.63, 3.8) is 0 Å². The molecule has 0 aliphatic carbocycles. The van der Waals surface area contributed by atoms with Crippen LogP contribution in [0.2, 0.25) is 0 Å². The Balaban J connectivity index is 1.41. The lowest BCUT2D eigenvalue weighted by Gasteiger charge is -2.10. The summed E-state index contributed by atoms with van der Waals surface area (Å²) in [5, 5.41) is 8.60. The third-order valence-electron chi connectivity index (χ3n) is 4.26. The van der Waals surface area contributed by atoms with E-state index in [0.717, 1.165) is 33.5 Å². The van der Waals surface area contributed by atoms with Gasteiger partial charge in [0.15, 0.2) is 0 Å². The molecule has 3 heterocycles. The number of nitrogens with zero attached hydrogens (tertiary/aromatic N) is 3. The molecule has 0 unspecified atom stereocenters. The van der Waals surface area contributed by atoms with Crippen molar-refractivity contribution in [3.8, 4) is 0 Å². The first kappa shape index (κ1) is 21.1. The minimum atomic E-state index is -0.193. The number of benzene rings is 1. The van der Waals surface area contributed by atoms with Crippen LogP contribution in [-0.2, 0) is 11.5 Å². The molecule has 0 aliphatic rings. The number of pyridine rings is 2. The molecule has 1 aromatic carbocycles. The van der Waals surface area contributed by atoms with Crippen LogP contribution in [-0.4, -0.2) is 21.0 Å². The van der Waals surface area contributed by atoms with Gasteiger partial charge < -0.3 is 9.84 Å². The van der Waals surface area contributed by atoms with Crippen molar-refractivity contribution >= 4 is 35.1 Å². The first-order valence-corrected chi connectivity index (χ1v) is 11.6. The van der Waals surface area contributed by atoms with E-state index in [0.29, 0.717) is 16.3 Å². The number of thioether (sulfide) groups is 2. The van der Waals surface area contributed by atoms with E-state index in [1.807, 2.05) is 55.5 Å². The standard InChI is InChI=1S/C23H20N4O2S2/c1-16-12-19(27-29-16)15-31-23-20(8-5-11-25-23)22(28)26-18-7-4-6-17(13-18)14-30-21-9-2-3-10-24-21/h2-13H,14-15H2,1H3,(H,26,28). The normalized spacial score (nSPS) is 10.7. The van der Waals surface area contributed by atoms with Gasteiger partial charge in [0.25, 0.3) is 5.91 Å². The highest BCUT2D eigenvalue weighted by molar-refractivity contribution is 7.98. The highest BCUT2D eigenvalue weighted by Crippen LogP contribution is 2.26. The van der Waals surface area contributed by atoms with Crippen LogP contribution in [0.1, 0.15) is 27.4 Å². The Morgan fingerprint density at radius 3 is 2.68 bits per heavy atom. The summed E-state index contributed by atoms with van der Waals surface area (Å²) in [4.78, 5) is 21.6. The van der Waals surface area contributed by atoms with Crippen LogP contribution < -0.4 is 5.32 Å². The highest BCUT2D eigenvalue weighted by atomic mass is 32.2. The molecule has 4 rings (SSSR count). The second kappa shape index (κ2) is 10.3. The van der Waals surface area contributed by atoms with Gasteiger partial charge in [-0.15, -0.1) is 11.8 Å². The molecular weight excluding hydrogens is 428 g/mol. The predicted octanol–water partition coefficient (Wildman–Crippen LogP) is 5.61. The number of aryl methyl sites for hydroxylation is 1. The molecule has 0 fully saturated rings. The summed E-state index contributed by atoms with van der Waals surface area (Å²) in [6.45, 7) is 1.85. The van der Waals surface area contributed by atoms with Gasteiger partial charge in [-0.05, 0) is 48.9 Å². The van der Waals surface area contributed by atoms with Gasteiger partial charge in [0.2, 0.25) is 0 Å². The van der Waals surface area contributed by atoms with Crippen LogP contribution in [0.15, 0.2) is 87.6 Å². The fraction of sp³-hybridized carbons (Fsp3) is 0.130. The van der Waals surface area contributed by atoms with E-state index in [1.165, 1.54) is 11.8 Å². The van der Waals surface area contributed by atoms with Gasteiger partial charge in [-0.1, -0.05) is 35.1 Å². The highest BCUT2D eigenvalue weighted by Gasteiger charge is 2.14. The van der Waals surface area contributed by atoms with Crippen LogP contribution in [0.5, 0.6) is 0 Å². The van der Waals surface area contributed by atoms with Crippen molar-refractivity contribution in [2.24, 2.45) is 0 Å². The number of anilines is 1. The van der Waals surface area contributed by atoms with Crippen LogP contribution in [0.3, 0.4) is 0 Å². The largest absolute Gasteiger partial charge is 0.361 e. The average Bonchev–Trinajstić information content (AvgIpc) is 3.22. The van der Waals surface area contributed by atoms with Gasteiger partial charge in [0.05, 0.1) is 16.3 Å². The molecule has 4 aromatic rings. The Kier molecular flexibility index (Phi) is 7.01. The summed E-state index contributed by atoms with van der Waals surface area (Å²) >= 11 is 3.11. The molecule has 0 bridgehead atoms. The first-order valence-electron chi connectivity index (χ1n) is 9.61. The number of nitrogens with one attached hydrogen (secondary N) is 1. The van der Waals surface area contributed by atoms with Gasteiger partial charge in [-0.3, -0.25) is 4.79 Å². The van der Waals surface area contributed by atoms with E-state index in [-0.39, 0.29) is 5.91 Å². The number of rotatable bonds is 8. The molecule has 1 amide bonds. The topological polar surface area (TPSA) is 80.9 Å². The SMILES string of the molecule is Cc1cc(CSc2ncccc2C(=O)Nc2cccc(CSc3ccccn3)c2)no1. The zero-order valence-corrected chi connectivity index (χ0v) is 18.5. The summed E-state index contributed by atoms with van der Waals surface area (Å²) in [6.07, 6.45) is 3.47. The monoisotopic (exact) mass is 448 g/mol. The molecule has 31 heavy (non-hydrogen) atoms. The average molecular weight is 449 g/mol. The number of aromatic nitrogens is 3. The number of carbonyl (C=O) groups is 1. The molecule has 3 aromatic heterocycles. The third-order valence-corrected chi connectivity index (χ3v) is 6.31. The summed E-state index contributed by atoms with van der Waals surface area (Å²) in [6, 6.07) is 19.1. The zero-order chi connectivity index (χ0) is 21.5. The summed E-state index contributed by atoms with van der Waals surface area (Å²) in [5.41, 5.74) is 3.20. The smallest absolute Gasteiger partial charge is 0.258 e. The lowest BCUT2D eigenvalue weighted by atomic mass is 10.2. The van der Waals surface area contributed by atoms with Gasteiger partial charge in [0.1, 0.15) is 10.8 Å². The summed E-state index contributed by atoms with van der Waals surface area (Å²) in [5.74, 6) is 1.91. The molecule has 0 atom stereocenters. The van der Waals surface area contributed by atoms with Crippen LogP contribution in [0, 0.1) is 6.92 Å². The summed E-state index contributed by atoms with van der Waals surface area (Å²) < 4.78 is 5.10. The second-order valence-corrected chi connectivity index (χ2v) is 8.64. The Morgan fingerprint density at radius 1 is 0.968 bits per heavy atom. The number of carbonyl (C=O) groups excluding carboxylic acids is 1. The Hall–Kier alpha value is -3.10. The van der Waals surface area contributed by atoms with E-state index in [2.05, 4.69) is 20.4 Å². The van der Waals surface area contributed by atoms with E-state index in [4.69, 9.17) is 4.52 Å². The van der Waals surface area contributed by atoms with Gasteiger partial charge >= 0.3 is 0 Å². The minimum absolute atomic E-state index is 0.193. The molecule has 156 valence electrons. The van der Waals surface area contributed by atoms with Crippen LogP contribution in [0.4, 0.5) is 5.69 Å². The molecule has 0 saturated heterocycles. The Labute approximate surface area is 188 Å². The van der Waals surface area contributed by atoms with Crippen molar-refractivity contribution in [2.75, 3.05) is 5.32 Å². The molecule has 6 nitrogen and oxygen atoms in total. The van der Waals surface area contributed by atoms with Gasteiger partial charge in [-0.2, -0.15) is 0 Å². The van der Waals surface area contributed by atoms with Crippen molar-refractivity contribution in [1.82, 2.24) is 15.1 Å². The zero-order valence-electron chi connectivity index (χ0n) is 16.8. The van der Waals surface area contributed by atoms with Crippen molar-refractivity contribution < 1.29 is 9.32 Å². The molecule has 8 heteroatoms. The maximum atomic E-state index is 12.9. The maximum Gasteiger partial charge on any atom is 0.258 e. The van der Waals surface area contributed by atoms with Crippen molar-refractivity contribution in [1.29, 1.82) is 0 Å². The minimum Gasteiger partial charge on any atom is -0.361 e. The summed E-state index contributed by atoms with van der Waals surface area (Å²) in [7, 11) is 0. The van der Waals surface area contributed by atoms with E-state index >= 15 is 0 Å². The predicted molar refractivity (Wildman–Crippen MR) is 123 cm³/mol. The maximum absolute atomic E-state index is 12.9. The van der Waals surface area contributed by atoms with Gasteiger partial charge in [0, 0.05) is 35.7 Å². The van der Waals surface area contributed by atoms with Crippen molar-refractivity contribution in [3.05, 3.63) is 95.6 Å². The molecule has 0 spiro atoms. The van der Waals surface area contributed by atoms with E-state index in [1.54, 1.807) is 36.3 Å². The third kappa shape index (κ3) is 5.96. The lowest BCUT2D eigenvalue weighted by Crippen LogP contribution is -2.13. The lowest BCUT2D eigenvalue weighted by molar-refractivity contribution is 0.102. The quantitative estimate of drug-likeness (QED) is 0.351.